The van der Waals surface area contributed by atoms with E-state index < -0.39 is 35.3 Å². The van der Waals surface area contributed by atoms with E-state index in [2.05, 4.69) is 0 Å². The molecule has 0 saturated carbocycles. The second kappa shape index (κ2) is 6.44. The minimum absolute atomic E-state index is 0.165. The van der Waals surface area contributed by atoms with Crippen LogP contribution in [0, 0.1) is 23.4 Å². The Morgan fingerprint density at radius 3 is 2.48 bits per heavy atom. The maximum atomic E-state index is 13.3. The fourth-order valence-corrected chi connectivity index (χ4v) is 2.67. The van der Waals surface area contributed by atoms with Crippen molar-refractivity contribution in [3.05, 3.63) is 35.1 Å². The second-order valence-electron chi connectivity index (χ2n) is 5.10. The van der Waals surface area contributed by atoms with E-state index in [4.69, 9.17) is 4.74 Å². The molecule has 0 aliphatic carbocycles. The van der Waals surface area contributed by atoms with Crippen molar-refractivity contribution in [2.75, 3.05) is 33.4 Å². The summed E-state index contributed by atoms with van der Waals surface area (Å²) in [5.41, 5.74) is 0.165. The van der Waals surface area contributed by atoms with E-state index in [1.165, 1.54) is 7.11 Å². The first-order valence-electron chi connectivity index (χ1n) is 6.52. The van der Waals surface area contributed by atoms with Gasteiger partial charge in [0, 0.05) is 32.7 Å². The van der Waals surface area contributed by atoms with Crippen molar-refractivity contribution in [3.8, 4) is 0 Å². The molecule has 1 aliphatic heterocycles. The Labute approximate surface area is 120 Å². The molecule has 4 nitrogen and oxygen atoms in total. The van der Waals surface area contributed by atoms with E-state index in [1.807, 2.05) is 4.90 Å². The molecule has 21 heavy (non-hydrogen) atoms. The van der Waals surface area contributed by atoms with Gasteiger partial charge in [0.1, 0.15) is 0 Å². The number of likely N-dealkylation sites (tertiary alicyclic amines) is 1. The molecule has 1 aromatic carbocycles. The van der Waals surface area contributed by atoms with Crippen LogP contribution in [0.4, 0.5) is 13.2 Å². The standard InChI is InChI=1S/C14H16F3NO3/c1-21-3-2-18-6-9(10(7-18)14(19)20)8-4-11(15)13(17)12(16)5-8/h4-5,9-10H,2-3,6-7H2,1H3,(H,19,20)/t9-,10+/m0/s1. The van der Waals surface area contributed by atoms with E-state index in [1.54, 1.807) is 0 Å². The van der Waals surface area contributed by atoms with Crippen molar-refractivity contribution in [2.45, 2.75) is 5.92 Å². The van der Waals surface area contributed by atoms with Gasteiger partial charge in [-0.3, -0.25) is 9.69 Å². The van der Waals surface area contributed by atoms with Crippen LogP contribution in [0.2, 0.25) is 0 Å². The summed E-state index contributed by atoms with van der Waals surface area (Å²) >= 11 is 0. The van der Waals surface area contributed by atoms with E-state index in [-0.39, 0.29) is 12.1 Å². The van der Waals surface area contributed by atoms with Crippen molar-refractivity contribution >= 4 is 5.97 Å². The summed E-state index contributed by atoms with van der Waals surface area (Å²) in [7, 11) is 1.53. The number of carbonyl (C=O) groups is 1. The van der Waals surface area contributed by atoms with Crippen molar-refractivity contribution in [2.24, 2.45) is 5.92 Å². The monoisotopic (exact) mass is 303 g/mol. The van der Waals surface area contributed by atoms with Crippen LogP contribution in [-0.4, -0.2) is 49.3 Å². The maximum absolute atomic E-state index is 13.3. The fraction of sp³-hybridized carbons (Fsp3) is 0.500. The molecule has 1 fully saturated rings. The molecule has 0 radical (unpaired) electrons. The number of hydrogen-bond donors (Lipinski definition) is 1. The molecule has 7 heteroatoms. The Morgan fingerprint density at radius 1 is 1.33 bits per heavy atom. The molecule has 0 spiro atoms. The molecule has 116 valence electrons. The summed E-state index contributed by atoms with van der Waals surface area (Å²) in [5, 5.41) is 9.26. The van der Waals surface area contributed by atoms with E-state index in [9.17, 15) is 23.1 Å². The van der Waals surface area contributed by atoms with Gasteiger partial charge in [0.15, 0.2) is 17.5 Å². The third-order valence-corrected chi connectivity index (χ3v) is 3.76. The molecule has 0 amide bonds. The van der Waals surface area contributed by atoms with Gasteiger partial charge in [0.05, 0.1) is 12.5 Å². The maximum Gasteiger partial charge on any atom is 0.308 e. The van der Waals surface area contributed by atoms with Gasteiger partial charge in [-0.15, -0.1) is 0 Å². The number of nitrogens with zero attached hydrogens (tertiary/aromatic N) is 1. The molecule has 2 atom stereocenters. The minimum atomic E-state index is -1.54. The van der Waals surface area contributed by atoms with Crippen LogP contribution in [0.25, 0.3) is 0 Å². The molecular formula is C14H16F3NO3. The van der Waals surface area contributed by atoms with Crippen LogP contribution < -0.4 is 0 Å². The normalized spacial score (nSPS) is 22.7. The molecule has 1 aliphatic rings. The van der Waals surface area contributed by atoms with Crippen molar-refractivity contribution in [3.63, 3.8) is 0 Å². The topological polar surface area (TPSA) is 49.8 Å². The summed E-state index contributed by atoms with van der Waals surface area (Å²) in [6, 6.07) is 1.75. The zero-order valence-corrected chi connectivity index (χ0v) is 11.5. The number of halogens is 3. The molecule has 0 aromatic heterocycles. The zero-order valence-electron chi connectivity index (χ0n) is 11.5. The number of carboxylic acid groups (broad SMARTS) is 1. The zero-order chi connectivity index (χ0) is 15.6. The highest BCUT2D eigenvalue weighted by Crippen LogP contribution is 2.34. The van der Waals surface area contributed by atoms with Crippen molar-refractivity contribution in [1.29, 1.82) is 0 Å². The molecule has 0 bridgehead atoms. The molecule has 2 rings (SSSR count). The molecule has 1 saturated heterocycles. The summed E-state index contributed by atoms with van der Waals surface area (Å²) < 4.78 is 44.6. The first kappa shape index (κ1) is 15.8. The van der Waals surface area contributed by atoms with Gasteiger partial charge in [0.25, 0.3) is 0 Å². The Bertz CT molecular complexity index is 515. The van der Waals surface area contributed by atoms with E-state index in [0.29, 0.717) is 19.7 Å². The molecule has 1 aromatic rings. The second-order valence-corrected chi connectivity index (χ2v) is 5.10. The van der Waals surface area contributed by atoms with Gasteiger partial charge < -0.3 is 9.84 Å². The van der Waals surface area contributed by atoms with E-state index in [0.717, 1.165) is 12.1 Å². The third-order valence-electron chi connectivity index (χ3n) is 3.76. The number of ether oxygens (including phenoxy) is 1. The predicted molar refractivity (Wildman–Crippen MR) is 68.5 cm³/mol. The number of benzene rings is 1. The SMILES string of the molecule is COCCN1C[C@@H](C(=O)O)[C@H](c2cc(F)c(F)c(F)c2)C1. The predicted octanol–water partition coefficient (Wildman–Crippen LogP) is 1.85. The summed E-state index contributed by atoms with van der Waals surface area (Å²) in [6.45, 7) is 1.57. The van der Waals surface area contributed by atoms with Gasteiger partial charge in [-0.1, -0.05) is 0 Å². The summed E-state index contributed by atoms with van der Waals surface area (Å²) in [6.07, 6.45) is 0. The smallest absolute Gasteiger partial charge is 0.308 e. The van der Waals surface area contributed by atoms with Gasteiger partial charge in [-0.05, 0) is 17.7 Å². The van der Waals surface area contributed by atoms with Crippen molar-refractivity contribution in [1.82, 2.24) is 4.90 Å². The molecule has 1 N–H and O–H groups in total. The fourth-order valence-electron chi connectivity index (χ4n) is 2.67. The average molecular weight is 303 g/mol. The van der Waals surface area contributed by atoms with Crippen LogP contribution in [0.3, 0.4) is 0 Å². The Morgan fingerprint density at radius 2 is 1.95 bits per heavy atom. The van der Waals surface area contributed by atoms with Crippen LogP contribution in [0.15, 0.2) is 12.1 Å². The number of methoxy groups -OCH3 is 1. The van der Waals surface area contributed by atoms with Crippen LogP contribution in [0.5, 0.6) is 0 Å². The number of carboxylic acids is 1. The number of aliphatic carboxylic acids is 1. The van der Waals surface area contributed by atoms with Gasteiger partial charge in [-0.2, -0.15) is 0 Å². The van der Waals surface area contributed by atoms with Crippen LogP contribution in [0.1, 0.15) is 11.5 Å². The quantitative estimate of drug-likeness (QED) is 0.844. The molecular weight excluding hydrogens is 287 g/mol. The van der Waals surface area contributed by atoms with Crippen molar-refractivity contribution < 1.29 is 27.8 Å². The third kappa shape index (κ3) is 3.36. The average Bonchev–Trinajstić information content (AvgIpc) is 2.86. The molecule has 0 unspecified atom stereocenters. The number of rotatable bonds is 5. The lowest BCUT2D eigenvalue weighted by Crippen LogP contribution is -2.26. The minimum Gasteiger partial charge on any atom is -0.481 e. The molecule has 1 heterocycles. The highest BCUT2D eigenvalue weighted by Gasteiger charge is 2.38. The lowest BCUT2D eigenvalue weighted by atomic mass is 9.89. The van der Waals surface area contributed by atoms with Crippen LogP contribution >= 0.6 is 0 Å². The van der Waals surface area contributed by atoms with E-state index >= 15 is 0 Å². The number of hydrogen-bond acceptors (Lipinski definition) is 3. The Kier molecular flexibility index (Phi) is 4.84. The lowest BCUT2D eigenvalue weighted by Gasteiger charge is -2.16. The van der Waals surface area contributed by atoms with Gasteiger partial charge >= 0.3 is 5.97 Å². The highest BCUT2D eigenvalue weighted by molar-refractivity contribution is 5.72. The lowest BCUT2D eigenvalue weighted by molar-refractivity contribution is -0.141. The van der Waals surface area contributed by atoms with Gasteiger partial charge in [0.2, 0.25) is 0 Å². The highest BCUT2D eigenvalue weighted by atomic mass is 19.2. The first-order chi connectivity index (χ1) is 9.93. The Hall–Kier alpha value is -1.60. The summed E-state index contributed by atoms with van der Waals surface area (Å²) in [5.74, 6) is -6.55. The summed E-state index contributed by atoms with van der Waals surface area (Å²) in [4.78, 5) is 13.2. The van der Waals surface area contributed by atoms with Crippen LogP contribution in [-0.2, 0) is 9.53 Å². The largest absolute Gasteiger partial charge is 0.481 e. The first-order valence-corrected chi connectivity index (χ1v) is 6.52. The Balaban J connectivity index is 2.25. The van der Waals surface area contributed by atoms with Gasteiger partial charge in [-0.25, -0.2) is 13.2 Å².